The predicted molar refractivity (Wildman–Crippen MR) is 116 cm³/mol. The molecule has 0 radical (unpaired) electrons. The fourth-order valence-corrected chi connectivity index (χ4v) is 3.34. The molecule has 2 N–H and O–H groups in total. The first-order valence-corrected chi connectivity index (χ1v) is 9.96. The molecule has 0 spiro atoms. The number of benzene rings is 2. The van der Waals surface area contributed by atoms with Gasteiger partial charge in [-0.1, -0.05) is 30.3 Å². The van der Waals surface area contributed by atoms with Crippen molar-refractivity contribution in [3.8, 4) is 5.75 Å². The number of carboxylic acids is 1. The summed E-state index contributed by atoms with van der Waals surface area (Å²) in [6, 6.07) is 11.5. The van der Waals surface area contributed by atoms with Crippen LogP contribution in [0.3, 0.4) is 0 Å². The van der Waals surface area contributed by atoms with Crippen molar-refractivity contribution in [2.24, 2.45) is 0 Å². The third-order valence-corrected chi connectivity index (χ3v) is 5.39. The molecule has 1 amide bonds. The molecule has 2 atom stereocenters. The molecule has 0 saturated carbocycles. The van der Waals surface area contributed by atoms with E-state index in [2.05, 4.69) is 5.32 Å². The van der Waals surface area contributed by atoms with Crippen LogP contribution in [0.5, 0.6) is 5.75 Å². The van der Waals surface area contributed by atoms with E-state index in [4.69, 9.17) is 9.15 Å². The fourth-order valence-electron chi connectivity index (χ4n) is 3.34. The SMILES string of the molecule is Cc1c(C)c2ccc(O[C@H](C)C(=O)N[C@@H](Cc3ccccc3)C(=O)O)c(C)c2oc1=O. The lowest BCUT2D eigenvalue weighted by atomic mass is 10.0. The smallest absolute Gasteiger partial charge is 0.339 e. The van der Waals surface area contributed by atoms with E-state index in [0.717, 1.165) is 16.5 Å². The van der Waals surface area contributed by atoms with Gasteiger partial charge in [0.25, 0.3) is 5.91 Å². The molecular weight excluding hydrogens is 398 g/mol. The summed E-state index contributed by atoms with van der Waals surface area (Å²) in [5.74, 6) is -1.29. The van der Waals surface area contributed by atoms with Gasteiger partial charge in [0.1, 0.15) is 17.4 Å². The zero-order chi connectivity index (χ0) is 22.7. The first kappa shape index (κ1) is 22.1. The largest absolute Gasteiger partial charge is 0.480 e. The van der Waals surface area contributed by atoms with E-state index in [1.54, 1.807) is 38.1 Å². The molecular formula is C24H25NO6. The number of amides is 1. The molecule has 0 fully saturated rings. The van der Waals surface area contributed by atoms with E-state index >= 15 is 0 Å². The number of aliphatic carboxylic acids is 1. The molecule has 162 valence electrons. The fraction of sp³-hybridized carbons (Fsp3) is 0.292. The van der Waals surface area contributed by atoms with Crippen LogP contribution >= 0.6 is 0 Å². The minimum Gasteiger partial charge on any atom is -0.480 e. The standard InChI is InChI=1S/C24H25NO6/c1-13-14(2)24(29)31-21-15(3)20(11-10-18(13)21)30-16(4)22(26)25-19(23(27)28)12-17-8-6-5-7-9-17/h5-11,16,19H,12H2,1-4H3,(H,25,26)(H,27,28)/t16-,19+/m1/s1. The highest BCUT2D eigenvalue weighted by Crippen LogP contribution is 2.29. The van der Waals surface area contributed by atoms with Gasteiger partial charge >= 0.3 is 11.6 Å². The quantitative estimate of drug-likeness (QED) is 0.565. The number of hydrogen-bond acceptors (Lipinski definition) is 5. The van der Waals surface area contributed by atoms with E-state index in [1.165, 1.54) is 6.92 Å². The molecule has 0 aliphatic heterocycles. The number of carbonyl (C=O) groups is 2. The molecule has 0 unspecified atom stereocenters. The lowest BCUT2D eigenvalue weighted by molar-refractivity contribution is -0.142. The Morgan fingerprint density at radius 3 is 2.35 bits per heavy atom. The first-order chi connectivity index (χ1) is 14.7. The molecule has 1 aromatic heterocycles. The van der Waals surface area contributed by atoms with Crippen LogP contribution in [0.4, 0.5) is 0 Å². The predicted octanol–water partition coefficient (Wildman–Crippen LogP) is 3.30. The zero-order valence-corrected chi connectivity index (χ0v) is 17.9. The number of fused-ring (bicyclic) bond motifs is 1. The molecule has 0 aliphatic carbocycles. The topological polar surface area (TPSA) is 106 Å². The van der Waals surface area contributed by atoms with Gasteiger partial charge in [-0.25, -0.2) is 9.59 Å². The Balaban J connectivity index is 1.77. The second-order valence-electron chi connectivity index (χ2n) is 7.55. The van der Waals surface area contributed by atoms with Crippen LogP contribution in [-0.4, -0.2) is 29.1 Å². The summed E-state index contributed by atoms with van der Waals surface area (Å²) in [5.41, 5.74) is 2.77. The molecule has 0 saturated heterocycles. The number of rotatable bonds is 7. The maximum atomic E-state index is 12.6. The van der Waals surface area contributed by atoms with Gasteiger partial charge in [0.15, 0.2) is 6.10 Å². The second-order valence-corrected chi connectivity index (χ2v) is 7.55. The van der Waals surface area contributed by atoms with Crippen LogP contribution < -0.4 is 15.7 Å². The van der Waals surface area contributed by atoms with Crippen molar-refractivity contribution < 1.29 is 23.8 Å². The van der Waals surface area contributed by atoms with Gasteiger partial charge in [0.05, 0.1) is 0 Å². The Bertz CT molecular complexity index is 1180. The summed E-state index contributed by atoms with van der Waals surface area (Å²) in [4.78, 5) is 36.3. The third-order valence-electron chi connectivity index (χ3n) is 5.39. The molecule has 1 heterocycles. The number of ether oxygens (including phenoxy) is 1. The summed E-state index contributed by atoms with van der Waals surface area (Å²) in [6.07, 6.45) is -0.792. The molecule has 7 nitrogen and oxygen atoms in total. The highest BCUT2D eigenvalue weighted by molar-refractivity contribution is 5.87. The van der Waals surface area contributed by atoms with Crippen molar-refractivity contribution in [3.63, 3.8) is 0 Å². The lowest BCUT2D eigenvalue weighted by Crippen LogP contribution is -2.47. The number of carboxylic acid groups (broad SMARTS) is 1. The van der Waals surface area contributed by atoms with Crippen molar-refractivity contribution in [3.05, 3.63) is 75.1 Å². The third kappa shape index (κ3) is 4.77. The Morgan fingerprint density at radius 2 is 1.71 bits per heavy atom. The van der Waals surface area contributed by atoms with Gasteiger partial charge in [-0.05, 0) is 51.0 Å². The normalized spacial score (nSPS) is 12.9. The maximum Gasteiger partial charge on any atom is 0.339 e. The van der Waals surface area contributed by atoms with Crippen LogP contribution in [0.15, 0.2) is 51.7 Å². The first-order valence-electron chi connectivity index (χ1n) is 9.96. The van der Waals surface area contributed by atoms with Crippen LogP contribution in [0.25, 0.3) is 11.0 Å². The summed E-state index contributed by atoms with van der Waals surface area (Å²) < 4.78 is 11.2. The summed E-state index contributed by atoms with van der Waals surface area (Å²) in [5, 5.41) is 12.8. The molecule has 3 rings (SSSR count). The van der Waals surface area contributed by atoms with Gasteiger partial charge in [-0.3, -0.25) is 4.79 Å². The van der Waals surface area contributed by atoms with Gasteiger partial charge < -0.3 is 19.6 Å². The van der Waals surface area contributed by atoms with Gasteiger partial charge in [0.2, 0.25) is 0 Å². The number of aryl methyl sites for hydroxylation is 2. The average Bonchev–Trinajstić information content (AvgIpc) is 2.74. The van der Waals surface area contributed by atoms with Gasteiger partial charge in [0, 0.05) is 22.9 Å². The molecule has 3 aromatic rings. The number of hydrogen-bond donors (Lipinski definition) is 2. The van der Waals surface area contributed by atoms with Crippen molar-refractivity contribution in [1.29, 1.82) is 0 Å². The summed E-state index contributed by atoms with van der Waals surface area (Å²) in [6.45, 7) is 6.84. The maximum absolute atomic E-state index is 12.6. The van der Waals surface area contributed by atoms with Crippen LogP contribution in [0.1, 0.15) is 29.2 Å². The molecule has 2 aromatic carbocycles. The number of carbonyl (C=O) groups excluding carboxylic acids is 1. The van der Waals surface area contributed by atoms with E-state index < -0.39 is 29.6 Å². The van der Waals surface area contributed by atoms with Crippen molar-refractivity contribution in [1.82, 2.24) is 5.32 Å². The van der Waals surface area contributed by atoms with E-state index in [0.29, 0.717) is 22.5 Å². The second kappa shape index (κ2) is 9.04. The van der Waals surface area contributed by atoms with E-state index in [9.17, 15) is 19.5 Å². The Hall–Kier alpha value is -3.61. The zero-order valence-electron chi connectivity index (χ0n) is 17.9. The van der Waals surface area contributed by atoms with Gasteiger partial charge in [-0.2, -0.15) is 0 Å². The molecule has 7 heteroatoms. The minimum absolute atomic E-state index is 0.160. The van der Waals surface area contributed by atoms with E-state index in [-0.39, 0.29) is 6.42 Å². The summed E-state index contributed by atoms with van der Waals surface area (Å²) in [7, 11) is 0. The Labute approximate surface area is 179 Å². The summed E-state index contributed by atoms with van der Waals surface area (Å²) >= 11 is 0. The van der Waals surface area contributed by atoms with Gasteiger partial charge in [-0.15, -0.1) is 0 Å². The average molecular weight is 423 g/mol. The highest BCUT2D eigenvalue weighted by Gasteiger charge is 2.25. The van der Waals surface area contributed by atoms with Crippen LogP contribution in [-0.2, 0) is 16.0 Å². The number of nitrogens with one attached hydrogen (secondary N) is 1. The minimum atomic E-state index is -1.13. The van der Waals surface area contributed by atoms with Crippen molar-refractivity contribution in [2.45, 2.75) is 46.3 Å². The highest BCUT2D eigenvalue weighted by atomic mass is 16.5. The molecule has 31 heavy (non-hydrogen) atoms. The lowest BCUT2D eigenvalue weighted by Gasteiger charge is -2.20. The monoisotopic (exact) mass is 423 g/mol. The Morgan fingerprint density at radius 1 is 1.03 bits per heavy atom. The van der Waals surface area contributed by atoms with Crippen molar-refractivity contribution >= 4 is 22.8 Å². The van der Waals surface area contributed by atoms with Crippen LogP contribution in [0.2, 0.25) is 0 Å². The van der Waals surface area contributed by atoms with Crippen molar-refractivity contribution in [2.75, 3.05) is 0 Å². The van der Waals surface area contributed by atoms with Crippen LogP contribution in [0, 0.1) is 20.8 Å². The Kier molecular flexibility index (Phi) is 6.44. The van der Waals surface area contributed by atoms with E-state index in [1.807, 2.05) is 25.1 Å². The molecule has 0 aliphatic rings. The molecule has 0 bridgehead atoms.